The molecule has 5 rings (SSSR count). The quantitative estimate of drug-likeness (QED) is 0.410. The molecule has 216 valence electrons. The molecule has 3 heterocycles. The van der Waals surface area contributed by atoms with Crippen molar-refractivity contribution in [3.8, 4) is 16.9 Å². The number of halogens is 3. The van der Waals surface area contributed by atoms with Gasteiger partial charge in [0, 0.05) is 35.9 Å². The lowest BCUT2D eigenvalue weighted by molar-refractivity contribution is -0.121. The van der Waals surface area contributed by atoms with E-state index in [1.54, 1.807) is 6.07 Å². The monoisotopic (exact) mass is 585 g/mol. The maximum atomic E-state index is 15.3. The number of aromatic nitrogens is 1. The van der Waals surface area contributed by atoms with Crippen LogP contribution in [0, 0.1) is 17.6 Å². The smallest absolute Gasteiger partial charge is 0.252 e. The van der Waals surface area contributed by atoms with Crippen LogP contribution in [0.25, 0.3) is 11.1 Å². The molecule has 2 aliphatic heterocycles. The van der Waals surface area contributed by atoms with Crippen LogP contribution in [0.5, 0.6) is 5.75 Å². The molecule has 2 amide bonds. The molecular formula is C30H30ClF2N3O5. The molecule has 2 aromatic carbocycles. The molecule has 0 bridgehead atoms. The molecule has 2 aliphatic rings. The van der Waals surface area contributed by atoms with Crippen LogP contribution in [0.4, 0.5) is 14.5 Å². The van der Waals surface area contributed by atoms with Crippen LogP contribution in [0.1, 0.15) is 54.6 Å². The first-order valence-electron chi connectivity index (χ1n) is 13.5. The third kappa shape index (κ3) is 6.13. The van der Waals surface area contributed by atoms with Crippen LogP contribution in [-0.2, 0) is 16.0 Å². The number of rotatable bonds is 6. The van der Waals surface area contributed by atoms with Gasteiger partial charge in [-0.05, 0) is 61.4 Å². The fraction of sp³-hybridized carbons (Fsp3) is 0.367. The minimum Gasteiger partial charge on any atom is -0.491 e. The van der Waals surface area contributed by atoms with Crippen LogP contribution in [0.3, 0.4) is 0 Å². The largest absolute Gasteiger partial charge is 0.491 e. The second-order valence-corrected chi connectivity index (χ2v) is 11.0. The maximum Gasteiger partial charge on any atom is 0.252 e. The summed E-state index contributed by atoms with van der Waals surface area (Å²) in [6.07, 6.45) is 4.34. The molecule has 8 nitrogen and oxygen atoms in total. The fourth-order valence-corrected chi connectivity index (χ4v) is 5.57. The molecule has 1 aromatic heterocycles. The zero-order valence-electron chi connectivity index (χ0n) is 22.4. The number of pyridine rings is 1. The second kappa shape index (κ2) is 12.0. The summed E-state index contributed by atoms with van der Waals surface area (Å²) >= 11 is 6.11. The first-order chi connectivity index (χ1) is 19.6. The van der Waals surface area contributed by atoms with Crippen molar-refractivity contribution in [3.63, 3.8) is 0 Å². The Labute approximate surface area is 240 Å². The Hall–Kier alpha value is -3.76. The van der Waals surface area contributed by atoms with Crippen molar-refractivity contribution >= 4 is 29.1 Å². The van der Waals surface area contributed by atoms with Gasteiger partial charge in [0.2, 0.25) is 5.91 Å². The minimum atomic E-state index is -1.06. The molecular weight excluding hydrogens is 556 g/mol. The number of primary amides is 1. The molecule has 0 radical (unpaired) electrons. The van der Waals surface area contributed by atoms with E-state index in [4.69, 9.17) is 26.8 Å². The van der Waals surface area contributed by atoms with Gasteiger partial charge in [0.25, 0.3) is 11.5 Å². The normalized spacial score (nSPS) is 19.1. The predicted molar refractivity (Wildman–Crippen MR) is 150 cm³/mol. The van der Waals surface area contributed by atoms with Crippen molar-refractivity contribution in [1.82, 2.24) is 4.57 Å². The van der Waals surface area contributed by atoms with Gasteiger partial charge < -0.3 is 20.5 Å². The van der Waals surface area contributed by atoms with Crippen molar-refractivity contribution in [2.24, 2.45) is 11.7 Å². The number of carbonyl (C=O) groups is 2. The Morgan fingerprint density at radius 1 is 1.20 bits per heavy atom. The summed E-state index contributed by atoms with van der Waals surface area (Å²) in [5, 5.41) is 2.57. The first kappa shape index (κ1) is 28.8. The Morgan fingerprint density at radius 2 is 2.00 bits per heavy atom. The highest BCUT2D eigenvalue weighted by Crippen LogP contribution is 2.39. The Morgan fingerprint density at radius 3 is 2.71 bits per heavy atom. The van der Waals surface area contributed by atoms with E-state index in [0.29, 0.717) is 31.6 Å². The van der Waals surface area contributed by atoms with E-state index in [9.17, 15) is 18.8 Å². The van der Waals surface area contributed by atoms with Crippen molar-refractivity contribution < 1.29 is 27.8 Å². The average Bonchev–Trinajstić information content (AvgIpc) is 2.93. The molecule has 0 saturated carbocycles. The number of ether oxygens (including phenoxy) is 2. The zero-order valence-corrected chi connectivity index (χ0v) is 23.2. The van der Waals surface area contributed by atoms with Crippen LogP contribution in [-0.4, -0.2) is 35.7 Å². The average molecular weight is 586 g/mol. The number of nitrogens with one attached hydrogen (secondary N) is 1. The molecule has 3 atom stereocenters. The highest BCUT2D eigenvalue weighted by atomic mass is 35.5. The summed E-state index contributed by atoms with van der Waals surface area (Å²) in [5.41, 5.74) is 5.55. The Bertz CT molecular complexity index is 1550. The highest BCUT2D eigenvalue weighted by molar-refractivity contribution is 6.31. The van der Waals surface area contributed by atoms with Gasteiger partial charge in [0.1, 0.15) is 23.4 Å². The maximum absolute atomic E-state index is 15.3. The molecule has 3 N–H and O–H groups in total. The molecule has 11 heteroatoms. The summed E-state index contributed by atoms with van der Waals surface area (Å²) in [5.74, 6) is -2.79. The van der Waals surface area contributed by atoms with Gasteiger partial charge in [-0.15, -0.1) is 0 Å². The lowest BCUT2D eigenvalue weighted by Crippen LogP contribution is -2.36. The van der Waals surface area contributed by atoms with Crippen LogP contribution in [0.2, 0.25) is 5.02 Å². The van der Waals surface area contributed by atoms with E-state index < -0.39 is 35.0 Å². The predicted octanol–water partition coefficient (Wildman–Crippen LogP) is 5.26. The molecule has 3 unspecified atom stereocenters. The number of carbonyl (C=O) groups excluding carboxylic acids is 2. The van der Waals surface area contributed by atoms with E-state index in [0.717, 1.165) is 18.9 Å². The summed E-state index contributed by atoms with van der Waals surface area (Å²) in [7, 11) is 0. The van der Waals surface area contributed by atoms with Crippen molar-refractivity contribution in [2.75, 3.05) is 18.5 Å². The third-order valence-corrected chi connectivity index (χ3v) is 7.78. The first-order valence-corrected chi connectivity index (χ1v) is 13.9. The van der Waals surface area contributed by atoms with Gasteiger partial charge >= 0.3 is 0 Å². The van der Waals surface area contributed by atoms with E-state index >= 15 is 4.39 Å². The number of anilines is 1. The van der Waals surface area contributed by atoms with Gasteiger partial charge in [-0.2, -0.15) is 0 Å². The van der Waals surface area contributed by atoms with Gasteiger partial charge in [0.05, 0.1) is 29.5 Å². The van der Waals surface area contributed by atoms with Gasteiger partial charge in [0.15, 0.2) is 0 Å². The number of nitrogens with two attached hydrogens (primary N) is 1. The summed E-state index contributed by atoms with van der Waals surface area (Å²) < 4.78 is 42.9. The Balaban J connectivity index is 1.56. The molecule has 41 heavy (non-hydrogen) atoms. The topological polar surface area (TPSA) is 113 Å². The van der Waals surface area contributed by atoms with Crippen molar-refractivity contribution in [1.29, 1.82) is 0 Å². The van der Waals surface area contributed by atoms with Gasteiger partial charge in [-0.3, -0.25) is 19.0 Å². The van der Waals surface area contributed by atoms with Crippen molar-refractivity contribution in [3.05, 3.63) is 80.7 Å². The summed E-state index contributed by atoms with van der Waals surface area (Å²) in [6.45, 7) is 2.81. The van der Waals surface area contributed by atoms with Crippen LogP contribution >= 0.6 is 11.6 Å². The van der Waals surface area contributed by atoms with Crippen LogP contribution < -0.4 is 21.3 Å². The van der Waals surface area contributed by atoms with E-state index in [1.165, 1.54) is 35.0 Å². The second-order valence-electron chi connectivity index (χ2n) is 10.6. The van der Waals surface area contributed by atoms with E-state index in [-0.39, 0.29) is 51.6 Å². The van der Waals surface area contributed by atoms with E-state index in [2.05, 4.69) is 5.32 Å². The molecule has 0 spiro atoms. The Kier molecular flexibility index (Phi) is 8.42. The summed E-state index contributed by atoms with van der Waals surface area (Å²) in [6, 6.07) is 6.95. The van der Waals surface area contributed by atoms with Crippen molar-refractivity contribution in [2.45, 2.75) is 51.2 Å². The number of nitrogens with zero attached hydrogens (tertiary/aromatic N) is 1. The molecule has 1 saturated heterocycles. The standard InChI is InChI=1S/C30H30ClF2N3O5/c1-16-10-17-5-8-22(31)28(33)27(17)21-13-26(37)36(14-25(21)41-15-16)24(12-19-4-2-3-9-40-19)30(39)35-18-6-7-20(29(34)38)23(32)11-18/h5-8,11,13-14,16,19,24H,2-4,9-10,12,15H2,1H3,(H2,34,38)(H,35,39). The fourth-order valence-electron chi connectivity index (χ4n) is 5.41. The number of hydrogen-bond donors (Lipinski definition) is 2. The SMILES string of the molecule is CC1COc2cn(C(CC3CCCCO3)C(=O)Nc3ccc(C(N)=O)c(F)c3)c(=O)cc2-c2c(ccc(Cl)c2F)C1. The lowest BCUT2D eigenvalue weighted by Gasteiger charge is -2.29. The number of fused-ring (bicyclic) bond motifs is 3. The summed E-state index contributed by atoms with van der Waals surface area (Å²) in [4.78, 5) is 38.7. The molecule has 3 aromatic rings. The van der Waals surface area contributed by atoms with Crippen LogP contribution in [0.15, 0.2) is 47.4 Å². The molecule has 0 aliphatic carbocycles. The third-order valence-electron chi connectivity index (χ3n) is 7.49. The zero-order chi connectivity index (χ0) is 29.3. The van der Waals surface area contributed by atoms with Gasteiger partial charge in [-0.25, -0.2) is 8.78 Å². The van der Waals surface area contributed by atoms with E-state index in [1.807, 2.05) is 6.92 Å². The minimum absolute atomic E-state index is 0.0378. The number of amides is 2. The van der Waals surface area contributed by atoms with Gasteiger partial charge in [-0.1, -0.05) is 24.6 Å². The lowest BCUT2D eigenvalue weighted by atomic mass is 9.91. The number of hydrogen-bond acceptors (Lipinski definition) is 5. The number of benzene rings is 2. The molecule has 1 fully saturated rings. The highest BCUT2D eigenvalue weighted by Gasteiger charge is 2.30.